The highest BCUT2D eigenvalue weighted by Crippen LogP contribution is 2.11. The van der Waals surface area contributed by atoms with E-state index < -0.39 is 0 Å². The molecule has 0 radical (unpaired) electrons. The Balaban J connectivity index is 0.00000256. The molecule has 0 atom stereocenters. The standard InChI is InChI=1S/C14H26N2.BrH/c1-13(2)9-7-5-4-6-8-10-14-15-11-12-16(14)3;/h11-13H,4-10H2,1-3H3;1H. The van der Waals surface area contributed by atoms with Crippen LogP contribution >= 0.6 is 0 Å². The van der Waals surface area contributed by atoms with Crippen LogP contribution in [0.2, 0.25) is 0 Å². The molecule has 0 bridgehead atoms. The van der Waals surface area contributed by atoms with E-state index in [-0.39, 0.29) is 17.0 Å². The molecule has 3 heteroatoms. The lowest BCUT2D eigenvalue weighted by Gasteiger charge is -2.03. The van der Waals surface area contributed by atoms with Gasteiger partial charge in [-0.15, -0.1) is 0 Å². The van der Waals surface area contributed by atoms with E-state index in [1.54, 1.807) is 0 Å². The quantitative estimate of drug-likeness (QED) is 0.529. The first-order chi connectivity index (χ1) is 7.70. The van der Waals surface area contributed by atoms with Gasteiger partial charge in [0.25, 0.3) is 5.82 Å². The maximum atomic E-state index is 3.29. The summed E-state index contributed by atoms with van der Waals surface area (Å²) < 4.78 is 2.18. The zero-order valence-electron chi connectivity index (χ0n) is 11.5. The molecular formula is C14H27BrN2. The lowest BCUT2D eigenvalue weighted by molar-refractivity contribution is -0.677. The third-order valence-electron chi connectivity index (χ3n) is 3.17. The summed E-state index contributed by atoms with van der Waals surface area (Å²) in [5.41, 5.74) is 0. The number of aromatic amines is 1. The van der Waals surface area contributed by atoms with Gasteiger partial charge in [0.15, 0.2) is 0 Å². The number of unbranched alkanes of at least 4 members (excludes halogenated alkanes) is 4. The molecule has 0 fully saturated rings. The van der Waals surface area contributed by atoms with Gasteiger partial charge in [-0.25, -0.2) is 9.55 Å². The van der Waals surface area contributed by atoms with E-state index in [4.69, 9.17) is 0 Å². The lowest BCUT2D eigenvalue weighted by Crippen LogP contribution is -3.00. The second kappa shape index (κ2) is 9.69. The number of nitrogens with zero attached hydrogens (tertiary/aromatic N) is 1. The van der Waals surface area contributed by atoms with Crippen molar-refractivity contribution in [2.45, 2.75) is 58.8 Å². The largest absolute Gasteiger partial charge is 1.00 e. The first-order valence-electron chi connectivity index (χ1n) is 6.72. The minimum atomic E-state index is 0. The van der Waals surface area contributed by atoms with Crippen LogP contribution in [0.15, 0.2) is 12.4 Å². The molecule has 0 aromatic carbocycles. The van der Waals surface area contributed by atoms with Crippen LogP contribution in [0.25, 0.3) is 0 Å². The Bertz CT molecular complexity index is 282. The molecule has 1 rings (SSSR count). The van der Waals surface area contributed by atoms with Crippen LogP contribution in [0.1, 0.15) is 58.2 Å². The van der Waals surface area contributed by atoms with E-state index in [9.17, 15) is 0 Å². The highest BCUT2D eigenvalue weighted by Gasteiger charge is 2.04. The number of hydrogen-bond donors (Lipinski definition) is 1. The molecule has 0 aliphatic rings. The number of nitrogens with one attached hydrogen (secondary N) is 1. The lowest BCUT2D eigenvalue weighted by atomic mass is 10.0. The van der Waals surface area contributed by atoms with Gasteiger partial charge in [-0.2, -0.15) is 0 Å². The molecule has 0 saturated heterocycles. The number of aryl methyl sites for hydroxylation is 2. The van der Waals surface area contributed by atoms with Crippen molar-refractivity contribution >= 4 is 0 Å². The summed E-state index contributed by atoms with van der Waals surface area (Å²) in [5.74, 6) is 2.22. The van der Waals surface area contributed by atoms with Gasteiger partial charge in [0.05, 0.1) is 7.05 Å². The normalized spacial score (nSPS) is 10.6. The van der Waals surface area contributed by atoms with Crippen LogP contribution < -0.4 is 21.5 Å². The third-order valence-corrected chi connectivity index (χ3v) is 3.17. The molecule has 100 valence electrons. The molecule has 0 amide bonds. The van der Waals surface area contributed by atoms with E-state index in [1.165, 1.54) is 50.8 Å². The van der Waals surface area contributed by atoms with Crippen LogP contribution in [0.4, 0.5) is 0 Å². The number of halogens is 1. The van der Waals surface area contributed by atoms with Crippen molar-refractivity contribution < 1.29 is 21.5 Å². The number of H-pyrrole nitrogens is 1. The maximum Gasteiger partial charge on any atom is 0.253 e. The van der Waals surface area contributed by atoms with Crippen molar-refractivity contribution in [2.24, 2.45) is 13.0 Å². The van der Waals surface area contributed by atoms with E-state index in [1.807, 2.05) is 6.20 Å². The summed E-state index contributed by atoms with van der Waals surface area (Å²) in [6.45, 7) is 4.62. The summed E-state index contributed by atoms with van der Waals surface area (Å²) >= 11 is 0. The van der Waals surface area contributed by atoms with Crippen LogP contribution in [-0.2, 0) is 13.5 Å². The topological polar surface area (TPSA) is 19.7 Å². The van der Waals surface area contributed by atoms with E-state index in [2.05, 4.69) is 36.6 Å². The second-order valence-electron chi connectivity index (χ2n) is 5.22. The van der Waals surface area contributed by atoms with Crippen LogP contribution in [0.3, 0.4) is 0 Å². The van der Waals surface area contributed by atoms with Gasteiger partial charge in [0, 0.05) is 6.42 Å². The molecule has 0 aliphatic carbocycles. The first kappa shape index (κ1) is 16.7. The molecule has 0 unspecified atom stereocenters. The van der Waals surface area contributed by atoms with Gasteiger partial charge in [0.2, 0.25) is 0 Å². The Morgan fingerprint density at radius 1 is 1.12 bits per heavy atom. The van der Waals surface area contributed by atoms with Gasteiger partial charge in [0.1, 0.15) is 12.4 Å². The van der Waals surface area contributed by atoms with Gasteiger partial charge in [-0.3, -0.25) is 0 Å². The zero-order valence-corrected chi connectivity index (χ0v) is 13.1. The summed E-state index contributed by atoms with van der Waals surface area (Å²) in [6, 6.07) is 0. The molecule has 17 heavy (non-hydrogen) atoms. The van der Waals surface area contributed by atoms with Crippen LogP contribution in [0, 0.1) is 5.92 Å². The number of aromatic nitrogens is 2. The summed E-state index contributed by atoms with van der Waals surface area (Å²) in [6.07, 6.45) is 13.6. The molecule has 1 aromatic heterocycles. The number of imidazole rings is 1. The summed E-state index contributed by atoms with van der Waals surface area (Å²) in [5, 5.41) is 0. The van der Waals surface area contributed by atoms with Crippen molar-refractivity contribution in [1.29, 1.82) is 0 Å². The Labute approximate surface area is 117 Å². The number of hydrogen-bond acceptors (Lipinski definition) is 0. The Morgan fingerprint density at radius 3 is 2.35 bits per heavy atom. The van der Waals surface area contributed by atoms with E-state index in [0.29, 0.717) is 0 Å². The highest BCUT2D eigenvalue weighted by molar-refractivity contribution is 4.76. The van der Waals surface area contributed by atoms with Crippen molar-refractivity contribution in [3.8, 4) is 0 Å². The fraction of sp³-hybridized carbons (Fsp3) is 0.786. The minimum Gasteiger partial charge on any atom is -1.00 e. The molecule has 0 aliphatic heterocycles. The Kier molecular flexibility index (Phi) is 9.52. The zero-order chi connectivity index (χ0) is 11.8. The van der Waals surface area contributed by atoms with Crippen LogP contribution in [0.5, 0.6) is 0 Å². The van der Waals surface area contributed by atoms with Gasteiger partial charge >= 0.3 is 0 Å². The molecule has 0 saturated carbocycles. The second-order valence-corrected chi connectivity index (χ2v) is 5.22. The molecular weight excluding hydrogens is 276 g/mol. The van der Waals surface area contributed by atoms with Gasteiger partial charge in [-0.05, 0) is 12.3 Å². The fourth-order valence-electron chi connectivity index (χ4n) is 2.06. The predicted molar refractivity (Wildman–Crippen MR) is 68.2 cm³/mol. The average Bonchev–Trinajstić information content (AvgIpc) is 2.62. The fourth-order valence-corrected chi connectivity index (χ4v) is 2.06. The average molecular weight is 303 g/mol. The Hall–Kier alpha value is -0.310. The predicted octanol–water partition coefficient (Wildman–Crippen LogP) is 0.382. The van der Waals surface area contributed by atoms with Gasteiger partial charge < -0.3 is 17.0 Å². The molecule has 1 heterocycles. The van der Waals surface area contributed by atoms with E-state index >= 15 is 0 Å². The van der Waals surface area contributed by atoms with Crippen molar-refractivity contribution in [3.05, 3.63) is 18.2 Å². The SMILES string of the molecule is CC(C)CCCCCCCc1[nH]cc[n+]1C.[Br-]. The summed E-state index contributed by atoms with van der Waals surface area (Å²) in [7, 11) is 2.11. The van der Waals surface area contributed by atoms with Crippen molar-refractivity contribution in [2.75, 3.05) is 0 Å². The Morgan fingerprint density at radius 2 is 1.76 bits per heavy atom. The maximum absolute atomic E-state index is 3.29. The monoisotopic (exact) mass is 302 g/mol. The van der Waals surface area contributed by atoms with Gasteiger partial charge in [-0.1, -0.05) is 46.0 Å². The molecule has 1 aromatic rings. The summed E-state index contributed by atoms with van der Waals surface area (Å²) in [4.78, 5) is 3.29. The molecule has 2 nitrogen and oxygen atoms in total. The third kappa shape index (κ3) is 7.58. The smallest absolute Gasteiger partial charge is 0.253 e. The number of rotatable bonds is 8. The molecule has 0 spiro atoms. The highest BCUT2D eigenvalue weighted by atomic mass is 79.9. The molecule has 1 N–H and O–H groups in total. The van der Waals surface area contributed by atoms with Crippen LogP contribution in [-0.4, -0.2) is 4.98 Å². The minimum absolute atomic E-state index is 0. The van der Waals surface area contributed by atoms with E-state index in [0.717, 1.165) is 5.92 Å². The first-order valence-corrected chi connectivity index (χ1v) is 6.72. The van der Waals surface area contributed by atoms with Crippen molar-refractivity contribution in [3.63, 3.8) is 0 Å². The van der Waals surface area contributed by atoms with Crippen molar-refractivity contribution in [1.82, 2.24) is 4.98 Å².